The maximum absolute atomic E-state index is 11.7. The number of carbonyl (C=O) groups excluding carboxylic acids is 1. The first-order valence-corrected chi connectivity index (χ1v) is 6.28. The van der Waals surface area contributed by atoms with Crippen molar-refractivity contribution in [2.75, 3.05) is 0 Å². The number of allylic oxidation sites excluding steroid dienone is 2. The number of ketones is 1. The van der Waals surface area contributed by atoms with E-state index in [4.69, 9.17) is 9.84 Å². The lowest BCUT2D eigenvalue weighted by Gasteiger charge is -2.28. The first-order chi connectivity index (χ1) is 8.49. The van der Waals surface area contributed by atoms with Gasteiger partial charge in [0.2, 0.25) is 0 Å². The number of fused-ring (bicyclic) bond motifs is 1. The second kappa shape index (κ2) is 4.96. The molecule has 0 bridgehead atoms. The molecule has 1 N–H and O–H groups in total. The topological polar surface area (TPSA) is 63.6 Å². The van der Waals surface area contributed by atoms with E-state index in [2.05, 4.69) is 0 Å². The Hall–Kier alpha value is -1.58. The van der Waals surface area contributed by atoms with E-state index in [1.165, 1.54) is 0 Å². The first kappa shape index (κ1) is 12.9. The van der Waals surface area contributed by atoms with Gasteiger partial charge in [0, 0.05) is 25.2 Å². The highest BCUT2D eigenvalue weighted by atomic mass is 16.5. The van der Waals surface area contributed by atoms with E-state index < -0.39 is 11.9 Å². The van der Waals surface area contributed by atoms with Gasteiger partial charge in [-0.05, 0) is 18.1 Å². The van der Waals surface area contributed by atoms with E-state index in [-0.39, 0.29) is 17.8 Å². The average Bonchev–Trinajstić information content (AvgIpc) is 2.50. The largest absolute Gasteiger partial charge is 0.498 e. The molecule has 0 radical (unpaired) electrons. The monoisotopic (exact) mass is 250 g/mol. The molecular weight excluding hydrogens is 232 g/mol. The van der Waals surface area contributed by atoms with Crippen molar-refractivity contribution >= 4 is 11.8 Å². The van der Waals surface area contributed by atoms with E-state index >= 15 is 0 Å². The Labute approximate surface area is 106 Å². The van der Waals surface area contributed by atoms with Crippen LogP contribution in [0.1, 0.15) is 33.1 Å². The van der Waals surface area contributed by atoms with Crippen molar-refractivity contribution in [3.05, 3.63) is 23.5 Å². The Kier molecular flexibility index (Phi) is 3.55. The molecule has 1 aliphatic carbocycles. The van der Waals surface area contributed by atoms with Gasteiger partial charge in [-0.15, -0.1) is 0 Å². The fourth-order valence-corrected chi connectivity index (χ4v) is 2.50. The zero-order valence-corrected chi connectivity index (χ0v) is 10.7. The summed E-state index contributed by atoms with van der Waals surface area (Å²) in [6.07, 6.45) is 5.23. The molecule has 0 aromatic heterocycles. The minimum atomic E-state index is -0.868. The molecule has 4 heteroatoms. The van der Waals surface area contributed by atoms with Crippen LogP contribution in [0, 0.1) is 11.8 Å². The average molecular weight is 250 g/mol. The zero-order chi connectivity index (χ0) is 13.3. The highest BCUT2D eigenvalue weighted by Crippen LogP contribution is 2.38. The summed E-state index contributed by atoms with van der Waals surface area (Å²) in [7, 11) is 0. The second-order valence-electron chi connectivity index (χ2n) is 5.14. The van der Waals surface area contributed by atoms with Gasteiger partial charge in [0.25, 0.3) is 0 Å². The Balaban J connectivity index is 2.34. The Morgan fingerprint density at radius 2 is 2.28 bits per heavy atom. The van der Waals surface area contributed by atoms with E-state index in [9.17, 15) is 9.59 Å². The summed E-state index contributed by atoms with van der Waals surface area (Å²) in [4.78, 5) is 22.9. The molecule has 1 fully saturated rings. The van der Waals surface area contributed by atoms with E-state index in [0.29, 0.717) is 12.8 Å². The van der Waals surface area contributed by atoms with E-state index in [1.807, 2.05) is 13.0 Å². The number of carbonyl (C=O) groups is 2. The number of aliphatic carboxylic acids is 1. The van der Waals surface area contributed by atoms with Crippen LogP contribution in [0.25, 0.3) is 0 Å². The van der Waals surface area contributed by atoms with Crippen LogP contribution in [0.2, 0.25) is 0 Å². The highest BCUT2D eigenvalue weighted by molar-refractivity contribution is 5.86. The van der Waals surface area contributed by atoms with Gasteiger partial charge in [-0.25, -0.2) is 0 Å². The predicted molar refractivity (Wildman–Crippen MR) is 65.9 cm³/mol. The van der Waals surface area contributed by atoms with Crippen molar-refractivity contribution in [2.45, 2.75) is 39.2 Å². The van der Waals surface area contributed by atoms with Gasteiger partial charge in [0.05, 0.1) is 18.3 Å². The van der Waals surface area contributed by atoms with Crippen molar-refractivity contribution in [1.82, 2.24) is 0 Å². The van der Waals surface area contributed by atoms with Gasteiger partial charge in [0.1, 0.15) is 5.78 Å². The number of rotatable bonds is 2. The summed E-state index contributed by atoms with van der Waals surface area (Å²) in [5, 5.41) is 9.13. The van der Waals surface area contributed by atoms with Crippen molar-refractivity contribution in [3.8, 4) is 0 Å². The molecule has 0 aromatic rings. The quantitative estimate of drug-likeness (QED) is 0.816. The third-order valence-corrected chi connectivity index (χ3v) is 3.72. The fraction of sp³-hybridized carbons (Fsp3) is 0.571. The lowest BCUT2D eigenvalue weighted by atomic mass is 9.74. The van der Waals surface area contributed by atoms with Crippen LogP contribution in [-0.4, -0.2) is 23.0 Å². The summed E-state index contributed by atoms with van der Waals surface area (Å²) in [5.74, 6) is -1.58. The van der Waals surface area contributed by atoms with E-state index in [0.717, 1.165) is 17.6 Å². The van der Waals surface area contributed by atoms with Gasteiger partial charge < -0.3 is 9.84 Å². The summed E-state index contributed by atoms with van der Waals surface area (Å²) < 4.78 is 5.55. The normalized spacial score (nSPS) is 29.3. The Morgan fingerprint density at radius 1 is 1.56 bits per heavy atom. The standard InChI is InChI=1S/C14H18O4/c1-8-3-4-10-5-11(15)6-12(9(2)14(16)17)13(10)7-18-8/h4,7-9,12H,3,5-6H2,1-2H3,(H,16,17)/t8?,9-,12?/m1/s1. The summed E-state index contributed by atoms with van der Waals surface area (Å²) in [6.45, 7) is 3.61. The van der Waals surface area contributed by atoms with E-state index in [1.54, 1.807) is 13.2 Å². The highest BCUT2D eigenvalue weighted by Gasteiger charge is 2.35. The number of hydrogen-bond acceptors (Lipinski definition) is 3. The van der Waals surface area contributed by atoms with Crippen molar-refractivity contribution in [3.63, 3.8) is 0 Å². The van der Waals surface area contributed by atoms with Crippen LogP contribution >= 0.6 is 0 Å². The molecule has 4 nitrogen and oxygen atoms in total. The number of ether oxygens (including phenoxy) is 1. The minimum absolute atomic E-state index is 0.0755. The van der Waals surface area contributed by atoms with Crippen LogP contribution in [0.5, 0.6) is 0 Å². The molecule has 0 aromatic carbocycles. The van der Waals surface area contributed by atoms with Crippen LogP contribution in [0.15, 0.2) is 23.5 Å². The number of carboxylic acid groups (broad SMARTS) is 1. The molecule has 2 rings (SSSR count). The van der Waals surface area contributed by atoms with Gasteiger partial charge in [-0.2, -0.15) is 0 Å². The summed E-state index contributed by atoms with van der Waals surface area (Å²) in [5.41, 5.74) is 1.85. The first-order valence-electron chi connectivity index (χ1n) is 6.28. The van der Waals surface area contributed by atoms with Crippen molar-refractivity contribution < 1.29 is 19.4 Å². The summed E-state index contributed by atoms with van der Waals surface area (Å²) in [6, 6.07) is 0. The van der Waals surface area contributed by atoms with Crippen molar-refractivity contribution in [2.24, 2.45) is 11.8 Å². The third-order valence-electron chi connectivity index (χ3n) is 3.72. The second-order valence-corrected chi connectivity index (χ2v) is 5.14. The number of carboxylic acids is 1. The van der Waals surface area contributed by atoms with Crippen LogP contribution in [0.4, 0.5) is 0 Å². The van der Waals surface area contributed by atoms with Gasteiger partial charge in [-0.1, -0.05) is 13.0 Å². The van der Waals surface area contributed by atoms with Gasteiger partial charge >= 0.3 is 5.97 Å². The molecule has 1 saturated carbocycles. The molecule has 3 atom stereocenters. The maximum atomic E-state index is 11.7. The molecule has 18 heavy (non-hydrogen) atoms. The number of hydrogen-bond donors (Lipinski definition) is 1. The smallest absolute Gasteiger partial charge is 0.306 e. The molecule has 1 heterocycles. The molecule has 98 valence electrons. The Morgan fingerprint density at radius 3 is 2.94 bits per heavy atom. The Bertz CT molecular complexity index is 433. The van der Waals surface area contributed by atoms with Gasteiger partial charge in [-0.3, -0.25) is 9.59 Å². The zero-order valence-electron chi connectivity index (χ0n) is 10.7. The molecule has 0 spiro atoms. The summed E-state index contributed by atoms with van der Waals surface area (Å²) >= 11 is 0. The number of Topliss-reactive ketones (excluding diaryl/α,β-unsaturated/α-hetero) is 1. The molecule has 2 unspecified atom stereocenters. The molecule has 0 saturated heterocycles. The van der Waals surface area contributed by atoms with Gasteiger partial charge in [0.15, 0.2) is 0 Å². The lowest BCUT2D eigenvalue weighted by molar-refractivity contribution is -0.142. The lowest BCUT2D eigenvalue weighted by Crippen LogP contribution is -2.29. The van der Waals surface area contributed by atoms with Crippen LogP contribution in [-0.2, 0) is 14.3 Å². The maximum Gasteiger partial charge on any atom is 0.306 e. The SMILES string of the molecule is CC1CC=C2CC(=O)CC([C@@H](C)C(=O)O)C2=CO1. The van der Waals surface area contributed by atoms with Crippen LogP contribution in [0.3, 0.4) is 0 Å². The minimum Gasteiger partial charge on any atom is -0.498 e. The predicted octanol–water partition coefficient (Wildman–Crippen LogP) is 2.31. The van der Waals surface area contributed by atoms with Crippen molar-refractivity contribution in [1.29, 1.82) is 0 Å². The van der Waals surface area contributed by atoms with Crippen LogP contribution < -0.4 is 0 Å². The molecule has 1 aliphatic heterocycles. The fourth-order valence-electron chi connectivity index (χ4n) is 2.50. The molecule has 2 aliphatic rings. The molecule has 0 amide bonds. The molecular formula is C14H18O4. The third kappa shape index (κ3) is 2.47.